The van der Waals surface area contributed by atoms with Crippen LogP contribution in [0.25, 0.3) is 6.08 Å². The first-order valence-corrected chi connectivity index (χ1v) is 11.3. The lowest BCUT2D eigenvalue weighted by molar-refractivity contribution is 0.197. The zero-order chi connectivity index (χ0) is 23.2. The number of piperidine rings is 1. The van der Waals surface area contributed by atoms with E-state index in [0.717, 1.165) is 47.4 Å². The van der Waals surface area contributed by atoms with Crippen LogP contribution < -0.4 is 10.1 Å². The smallest absolute Gasteiger partial charge is 0.324 e. The Morgan fingerprint density at radius 3 is 2.97 bits per heavy atom. The van der Waals surface area contributed by atoms with E-state index in [1.54, 1.807) is 12.5 Å². The van der Waals surface area contributed by atoms with E-state index in [1.807, 2.05) is 30.9 Å². The topological polar surface area (TPSA) is 93.6 Å². The number of nitrogens with zero attached hydrogens (tertiary/aromatic N) is 3. The quantitative estimate of drug-likeness (QED) is 0.494. The Balaban J connectivity index is 1.30. The van der Waals surface area contributed by atoms with Crippen molar-refractivity contribution in [1.29, 1.82) is 0 Å². The monoisotopic (exact) mass is 450 g/mol. The summed E-state index contributed by atoms with van der Waals surface area (Å²) in [6, 6.07) is 7.98. The summed E-state index contributed by atoms with van der Waals surface area (Å²) in [7, 11) is 0. The first kappa shape index (κ1) is 22.6. The number of amides is 2. The maximum Gasteiger partial charge on any atom is 0.324 e. The van der Waals surface area contributed by atoms with Crippen LogP contribution in [0.1, 0.15) is 42.1 Å². The third kappa shape index (κ3) is 5.83. The highest BCUT2D eigenvalue weighted by atomic mass is 16.5. The summed E-state index contributed by atoms with van der Waals surface area (Å²) < 4.78 is 16.0. The standard InChI is InChI=1S/C25H30N4O4/c1-17-15-29(25(30)27-24-18(2)19(3)28-33-24)10-9-22(17)12-20-6-4-8-23(13-20)31-11-5-7-21-14-26-32-16-21/h4,6,8,12-14,16-17H,5,7,9-11,15H2,1-3H3,(H,27,30). The van der Waals surface area contributed by atoms with E-state index in [1.165, 1.54) is 5.57 Å². The molecule has 2 aromatic heterocycles. The second kappa shape index (κ2) is 10.4. The summed E-state index contributed by atoms with van der Waals surface area (Å²) in [5.74, 6) is 1.54. The van der Waals surface area contributed by atoms with Gasteiger partial charge in [-0.3, -0.25) is 5.32 Å². The minimum Gasteiger partial charge on any atom is -0.494 e. The molecule has 0 saturated carbocycles. The Hall–Kier alpha value is -3.55. The predicted octanol–water partition coefficient (Wildman–Crippen LogP) is 5.25. The Labute approximate surface area is 193 Å². The molecule has 1 aromatic carbocycles. The summed E-state index contributed by atoms with van der Waals surface area (Å²) in [5.41, 5.74) is 5.16. The highest BCUT2D eigenvalue weighted by Gasteiger charge is 2.25. The number of anilines is 1. The lowest BCUT2D eigenvalue weighted by atomic mass is 9.91. The molecule has 8 heteroatoms. The number of carbonyl (C=O) groups is 1. The number of aromatic nitrogens is 2. The molecule has 0 aliphatic carbocycles. The van der Waals surface area contributed by atoms with E-state index in [0.29, 0.717) is 25.6 Å². The van der Waals surface area contributed by atoms with Crippen LogP contribution in [0.2, 0.25) is 0 Å². The van der Waals surface area contributed by atoms with Gasteiger partial charge in [0.15, 0.2) is 0 Å². The largest absolute Gasteiger partial charge is 0.494 e. The third-order valence-corrected chi connectivity index (χ3v) is 6.03. The predicted molar refractivity (Wildman–Crippen MR) is 125 cm³/mol. The first-order valence-electron chi connectivity index (χ1n) is 11.3. The van der Waals surface area contributed by atoms with E-state index < -0.39 is 0 Å². The number of urea groups is 1. The molecule has 33 heavy (non-hydrogen) atoms. The van der Waals surface area contributed by atoms with Gasteiger partial charge in [-0.25, -0.2) is 4.79 Å². The number of likely N-dealkylation sites (tertiary alicyclic amines) is 1. The first-order chi connectivity index (χ1) is 16.0. The zero-order valence-corrected chi connectivity index (χ0v) is 19.3. The highest BCUT2D eigenvalue weighted by molar-refractivity contribution is 5.88. The van der Waals surface area contributed by atoms with Crippen LogP contribution in [0.15, 0.2) is 51.3 Å². The minimum atomic E-state index is -0.151. The number of nitrogens with one attached hydrogen (secondary N) is 1. The fraction of sp³-hybridized carbons (Fsp3) is 0.400. The highest BCUT2D eigenvalue weighted by Crippen LogP contribution is 2.27. The summed E-state index contributed by atoms with van der Waals surface area (Å²) in [6.45, 7) is 7.84. The van der Waals surface area contributed by atoms with Crippen LogP contribution >= 0.6 is 0 Å². The van der Waals surface area contributed by atoms with Gasteiger partial charge in [0.2, 0.25) is 5.88 Å². The molecule has 4 rings (SSSR count). The van der Waals surface area contributed by atoms with Crippen LogP contribution in [0.5, 0.6) is 5.75 Å². The molecule has 1 saturated heterocycles. The summed E-state index contributed by atoms with van der Waals surface area (Å²) in [5, 5.41) is 10.5. The normalized spacial score (nSPS) is 17.4. The number of ether oxygens (including phenoxy) is 1. The molecule has 0 radical (unpaired) electrons. The van der Waals surface area contributed by atoms with Gasteiger partial charge in [0.1, 0.15) is 12.0 Å². The van der Waals surface area contributed by atoms with Crippen LogP contribution in [0.4, 0.5) is 10.7 Å². The van der Waals surface area contributed by atoms with Gasteiger partial charge in [-0.15, -0.1) is 0 Å². The number of hydrogen-bond acceptors (Lipinski definition) is 6. The Morgan fingerprint density at radius 1 is 1.36 bits per heavy atom. The van der Waals surface area contributed by atoms with Crippen molar-refractivity contribution in [2.24, 2.45) is 5.92 Å². The SMILES string of the molecule is Cc1noc(NC(=O)N2CCC(=Cc3cccc(OCCCc4cnoc4)c3)C(C)C2)c1C. The van der Waals surface area contributed by atoms with Gasteiger partial charge in [-0.05, 0) is 56.7 Å². The molecule has 8 nitrogen and oxygen atoms in total. The van der Waals surface area contributed by atoms with E-state index in [9.17, 15) is 4.79 Å². The van der Waals surface area contributed by atoms with Crippen molar-refractivity contribution in [2.45, 2.75) is 40.0 Å². The molecular weight excluding hydrogens is 420 g/mol. The van der Waals surface area contributed by atoms with Crippen LogP contribution in [0, 0.1) is 19.8 Å². The van der Waals surface area contributed by atoms with Crippen LogP contribution in [0.3, 0.4) is 0 Å². The molecule has 3 aromatic rings. The molecule has 1 N–H and O–H groups in total. The molecule has 174 valence electrons. The summed E-state index contributed by atoms with van der Waals surface area (Å²) in [6.07, 6.45) is 8.22. The Bertz CT molecular complexity index is 1100. The number of carbonyl (C=O) groups excluding carboxylic acids is 1. The molecule has 3 heterocycles. The maximum absolute atomic E-state index is 12.7. The fourth-order valence-corrected chi connectivity index (χ4v) is 3.88. The van der Waals surface area contributed by atoms with E-state index >= 15 is 0 Å². The average molecular weight is 451 g/mol. The van der Waals surface area contributed by atoms with E-state index in [-0.39, 0.29) is 11.9 Å². The van der Waals surface area contributed by atoms with Gasteiger partial charge < -0.3 is 18.7 Å². The number of hydrogen-bond donors (Lipinski definition) is 1. The van der Waals surface area contributed by atoms with Crippen LogP contribution in [-0.2, 0) is 6.42 Å². The molecule has 1 atom stereocenters. The van der Waals surface area contributed by atoms with Crippen molar-refractivity contribution >= 4 is 18.0 Å². The second-order valence-electron chi connectivity index (χ2n) is 8.53. The Morgan fingerprint density at radius 2 is 2.24 bits per heavy atom. The van der Waals surface area contributed by atoms with Gasteiger partial charge in [-0.2, -0.15) is 0 Å². The molecule has 0 spiro atoms. The van der Waals surface area contributed by atoms with Gasteiger partial charge in [0, 0.05) is 24.2 Å². The summed E-state index contributed by atoms with van der Waals surface area (Å²) >= 11 is 0. The number of aryl methyl sites for hydroxylation is 2. The molecule has 1 fully saturated rings. The minimum absolute atomic E-state index is 0.151. The second-order valence-corrected chi connectivity index (χ2v) is 8.53. The van der Waals surface area contributed by atoms with E-state index in [4.69, 9.17) is 13.8 Å². The van der Waals surface area contributed by atoms with Gasteiger partial charge in [-0.1, -0.05) is 41.0 Å². The van der Waals surface area contributed by atoms with Crippen molar-refractivity contribution in [3.63, 3.8) is 0 Å². The van der Waals surface area contributed by atoms with Crippen molar-refractivity contribution < 1.29 is 18.6 Å². The van der Waals surface area contributed by atoms with Gasteiger partial charge in [0.25, 0.3) is 0 Å². The van der Waals surface area contributed by atoms with Crippen molar-refractivity contribution in [3.8, 4) is 5.75 Å². The van der Waals surface area contributed by atoms with Crippen LogP contribution in [-0.4, -0.2) is 40.9 Å². The molecule has 1 aliphatic rings. The average Bonchev–Trinajstić information content (AvgIpc) is 3.44. The van der Waals surface area contributed by atoms with Crippen molar-refractivity contribution in [2.75, 3.05) is 25.0 Å². The lowest BCUT2D eigenvalue weighted by Gasteiger charge is -2.33. The fourth-order valence-electron chi connectivity index (χ4n) is 3.88. The van der Waals surface area contributed by atoms with Gasteiger partial charge >= 0.3 is 6.03 Å². The van der Waals surface area contributed by atoms with Crippen molar-refractivity contribution in [3.05, 3.63) is 64.7 Å². The molecular formula is C25H30N4O4. The van der Waals surface area contributed by atoms with Crippen molar-refractivity contribution in [1.82, 2.24) is 15.2 Å². The Kier molecular flexibility index (Phi) is 7.12. The summed E-state index contributed by atoms with van der Waals surface area (Å²) in [4.78, 5) is 14.5. The molecule has 2 amide bonds. The number of benzene rings is 1. The molecule has 0 bridgehead atoms. The maximum atomic E-state index is 12.7. The van der Waals surface area contributed by atoms with Gasteiger partial charge in [0.05, 0.1) is 18.5 Å². The molecule has 1 unspecified atom stereocenters. The molecule has 1 aliphatic heterocycles. The zero-order valence-electron chi connectivity index (χ0n) is 19.3. The number of rotatable bonds is 7. The third-order valence-electron chi connectivity index (χ3n) is 6.03. The lowest BCUT2D eigenvalue weighted by Crippen LogP contribution is -2.42. The van der Waals surface area contributed by atoms with E-state index in [2.05, 4.69) is 40.8 Å².